The third-order valence-corrected chi connectivity index (χ3v) is 2.95. The first-order valence-corrected chi connectivity index (χ1v) is 4.08. The Morgan fingerprint density at radius 3 is 2.00 bits per heavy atom. The maximum Gasteiger partial charge on any atom is 0.414 e. The molecule has 0 saturated carbocycles. The molecule has 11 heavy (non-hydrogen) atoms. The normalized spacial score (nSPS) is 22.5. The fraction of sp³-hybridized carbons (Fsp3) is 0.667. The molecule has 1 nitrogen and oxygen atoms in total. The van der Waals surface area contributed by atoms with E-state index >= 15 is 0 Å². The van der Waals surface area contributed by atoms with Gasteiger partial charge in [0.25, 0.3) is 0 Å². The second-order valence-electron chi connectivity index (χ2n) is 2.50. The van der Waals surface area contributed by atoms with Crippen molar-refractivity contribution in [2.24, 2.45) is 0 Å². The van der Waals surface area contributed by atoms with Crippen LogP contribution in [0.15, 0.2) is 12.2 Å². The van der Waals surface area contributed by atoms with Crippen molar-refractivity contribution in [3.8, 4) is 0 Å². The van der Waals surface area contributed by atoms with Gasteiger partial charge in [0.2, 0.25) is 0 Å². The zero-order valence-corrected chi connectivity index (χ0v) is 6.43. The molecular formula is C6H7F3OS. The monoisotopic (exact) mass is 184 g/mol. The molecular weight excluding hydrogens is 177 g/mol. The van der Waals surface area contributed by atoms with Crippen LogP contribution in [0.2, 0.25) is 0 Å². The molecule has 0 aromatic heterocycles. The van der Waals surface area contributed by atoms with Crippen molar-refractivity contribution < 1.29 is 18.3 Å². The molecule has 0 aromatic rings. The number of thioether (sulfide) groups is 1. The summed E-state index contributed by atoms with van der Waals surface area (Å²) in [5.41, 5.74) is -2.72. The van der Waals surface area contributed by atoms with Crippen LogP contribution in [0.25, 0.3) is 0 Å². The van der Waals surface area contributed by atoms with Gasteiger partial charge in [-0.1, -0.05) is 6.58 Å². The third-order valence-electron chi connectivity index (χ3n) is 1.59. The highest BCUT2D eigenvalue weighted by Gasteiger charge is 2.49. The van der Waals surface area contributed by atoms with Gasteiger partial charge in [-0.25, -0.2) is 0 Å². The van der Waals surface area contributed by atoms with E-state index in [0.717, 1.165) is 0 Å². The van der Waals surface area contributed by atoms with Crippen molar-refractivity contribution in [1.82, 2.24) is 0 Å². The van der Waals surface area contributed by atoms with E-state index in [2.05, 4.69) is 6.58 Å². The maximum atomic E-state index is 11.9. The molecule has 1 aliphatic heterocycles. The first kappa shape index (κ1) is 8.93. The molecule has 0 bridgehead atoms. The minimum atomic E-state index is -4.46. The summed E-state index contributed by atoms with van der Waals surface area (Å²) >= 11 is 1.28. The van der Waals surface area contributed by atoms with Crippen molar-refractivity contribution in [1.29, 1.82) is 0 Å². The lowest BCUT2D eigenvalue weighted by atomic mass is 9.98. The van der Waals surface area contributed by atoms with E-state index in [0.29, 0.717) is 0 Å². The first-order chi connectivity index (χ1) is 4.86. The van der Waals surface area contributed by atoms with Crippen molar-refractivity contribution in [2.45, 2.75) is 11.8 Å². The highest BCUT2D eigenvalue weighted by Crippen LogP contribution is 2.41. The quantitative estimate of drug-likeness (QED) is 0.624. The number of aliphatic hydroxyl groups is 1. The molecule has 64 valence electrons. The molecule has 0 aromatic carbocycles. The van der Waals surface area contributed by atoms with Gasteiger partial charge in [-0.15, -0.1) is 0 Å². The van der Waals surface area contributed by atoms with Gasteiger partial charge >= 0.3 is 6.18 Å². The second kappa shape index (κ2) is 2.42. The van der Waals surface area contributed by atoms with Crippen LogP contribution < -0.4 is 0 Å². The van der Waals surface area contributed by atoms with Gasteiger partial charge in [0.15, 0.2) is 0 Å². The number of hydrogen-bond donors (Lipinski definition) is 1. The van der Waals surface area contributed by atoms with Crippen LogP contribution >= 0.6 is 11.8 Å². The highest BCUT2D eigenvalue weighted by atomic mass is 32.2. The summed E-state index contributed by atoms with van der Waals surface area (Å²) < 4.78 is 35.7. The smallest absolute Gasteiger partial charge is 0.383 e. The minimum absolute atomic E-state index is 0.103. The molecule has 1 aliphatic rings. The number of rotatable bonds is 1. The Labute approximate surface area is 66.3 Å². The van der Waals surface area contributed by atoms with E-state index in [-0.39, 0.29) is 11.5 Å². The van der Waals surface area contributed by atoms with Crippen LogP contribution in [0, 0.1) is 0 Å². The summed E-state index contributed by atoms with van der Waals surface area (Å²) in [6, 6.07) is 0. The summed E-state index contributed by atoms with van der Waals surface area (Å²) in [5, 5.41) is 9.17. The molecule has 1 N–H and O–H groups in total. The average Bonchev–Trinajstić information content (AvgIpc) is 1.79. The zero-order valence-electron chi connectivity index (χ0n) is 5.61. The van der Waals surface area contributed by atoms with Gasteiger partial charge in [0.05, 0.1) is 5.57 Å². The van der Waals surface area contributed by atoms with Crippen molar-refractivity contribution in [3.05, 3.63) is 12.2 Å². The van der Waals surface area contributed by atoms with E-state index in [1.807, 2.05) is 0 Å². The number of halogens is 3. The average molecular weight is 184 g/mol. The fourth-order valence-electron chi connectivity index (χ4n) is 0.733. The molecule has 0 atom stereocenters. The van der Waals surface area contributed by atoms with E-state index in [4.69, 9.17) is 0 Å². The lowest BCUT2D eigenvalue weighted by Gasteiger charge is -2.38. The van der Waals surface area contributed by atoms with Crippen LogP contribution in [0.3, 0.4) is 0 Å². The second-order valence-corrected chi connectivity index (χ2v) is 3.49. The van der Waals surface area contributed by atoms with E-state index < -0.39 is 17.4 Å². The molecule has 1 rings (SSSR count). The molecule has 5 heteroatoms. The van der Waals surface area contributed by atoms with Gasteiger partial charge < -0.3 is 5.11 Å². The van der Waals surface area contributed by atoms with Crippen molar-refractivity contribution in [3.63, 3.8) is 0 Å². The predicted octanol–water partition coefficient (Wildman–Crippen LogP) is 1.58. The number of hydrogen-bond acceptors (Lipinski definition) is 2. The molecule has 1 heterocycles. The molecule has 0 aliphatic carbocycles. The summed E-state index contributed by atoms with van der Waals surface area (Å²) in [6.07, 6.45) is -4.46. The van der Waals surface area contributed by atoms with Gasteiger partial charge in [0.1, 0.15) is 5.60 Å². The standard InChI is InChI=1S/C6H7F3OS/c1-4(6(7,8)9)5(10)2-11-3-5/h10H,1-3H2. The predicted molar refractivity (Wildman–Crippen MR) is 37.5 cm³/mol. The Kier molecular flexibility index (Phi) is 1.96. The van der Waals surface area contributed by atoms with E-state index in [9.17, 15) is 18.3 Å². The first-order valence-electron chi connectivity index (χ1n) is 2.93. The van der Waals surface area contributed by atoms with Gasteiger partial charge in [0, 0.05) is 11.5 Å². The Morgan fingerprint density at radius 2 is 1.91 bits per heavy atom. The molecule has 0 spiro atoms. The lowest BCUT2D eigenvalue weighted by molar-refractivity contribution is -0.115. The van der Waals surface area contributed by atoms with Crippen LogP contribution in [0.1, 0.15) is 0 Å². The topological polar surface area (TPSA) is 20.2 Å². The van der Waals surface area contributed by atoms with Crippen molar-refractivity contribution in [2.75, 3.05) is 11.5 Å². The summed E-state index contributed by atoms with van der Waals surface area (Å²) in [4.78, 5) is 0. The minimum Gasteiger partial charge on any atom is -0.383 e. The number of alkyl halides is 3. The van der Waals surface area contributed by atoms with E-state index in [1.165, 1.54) is 11.8 Å². The lowest BCUT2D eigenvalue weighted by Crippen LogP contribution is -2.48. The summed E-state index contributed by atoms with van der Waals surface area (Å²) in [7, 11) is 0. The van der Waals surface area contributed by atoms with Crippen LogP contribution in [0.4, 0.5) is 13.2 Å². The Balaban J connectivity index is 2.68. The molecule has 1 saturated heterocycles. The Hall–Kier alpha value is -0.160. The van der Waals surface area contributed by atoms with Crippen LogP contribution in [-0.2, 0) is 0 Å². The highest BCUT2D eigenvalue weighted by molar-refractivity contribution is 8.00. The zero-order chi connectivity index (χ0) is 8.70. The van der Waals surface area contributed by atoms with Gasteiger partial charge in [-0.05, 0) is 0 Å². The van der Waals surface area contributed by atoms with E-state index in [1.54, 1.807) is 0 Å². The van der Waals surface area contributed by atoms with Gasteiger partial charge in [-0.2, -0.15) is 24.9 Å². The van der Waals surface area contributed by atoms with Gasteiger partial charge in [-0.3, -0.25) is 0 Å². The maximum absolute atomic E-state index is 11.9. The molecule has 0 amide bonds. The summed E-state index contributed by atoms with van der Waals surface area (Å²) in [5.74, 6) is 0.205. The Bertz CT molecular complexity index is 183. The largest absolute Gasteiger partial charge is 0.414 e. The van der Waals surface area contributed by atoms with Crippen LogP contribution in [-0.4, -0.2) is 28.4 Å². The van der Waals surface area contributed by atoms with Crippen molar-refractivity contribution >= 4 is 11.8 Å². The fourth-order valence-corrected chi connectivity index (χ4v) is 1.67. The van der Waals surface area contributed by atoms with Crippen LogP contribution in [0.5, 0.6) is 0 Å². The molecule has 0 radical (unpaired) electrons. The Morgan fingerprint density at radius 1 is 1.45 bits per heavy atom. The SMILES string of the molecule is C=C(C(F)(F)F)C1(O)CSC1. The molecule has 0 unspecified atom stereocenters. The third kappa shape index (κ3) is 1.54. The molecule has 1 fully saturated rings. The summed E-state index contributed by atoms with van der Waals surface area (Å²) in [6.45, 7) is 2.83.